The molecule has 2 heterocycles. The van der Waals surface area contributed by atoms with E-state index >= 15 is 0 Å². The van der Waals surface area contributed by atoms with E-state index in [1.165, 1.54) is 11.3 Å². The van der Waals surface area contributed by atoms with Crippen LogP contribution in [-0.2, 0) is 6.54 Å². The number of nitrogens with zero attached hydrogens (tertiary/aromatic N) is 2. The molecule has 1 unspecified atom stereocenters. The van der Waals surface area contributed by atoms with Crippen molar-refractivity contribution in [3.05, 3.63) is 36.9 Å². The Balaban J connectivity index is 0.00000288. The zero-order valence-corrected chi connectivity index (χ0v) is 18.5. The fourth-order valence-corrected chi connectivity index (χ4v) is 3.92. The Morgan fingerprint density at radius 1 is 1.33 bits per heavy atom. The van der Waals surface area contributed by atoms with Crippen molar-refractivity contribution in [3.8, 4) is 0 Å². The highest BCUT2D eigenvalue weighted by atomic mass is 127. The van der Waals surface area contributed by atoms with Crippen molar-refractivity contribution in [2.45, 2.75) is 33.4 Å². The number of thiazole rings is 1. The molecule has 3 N–H and O–H groups in total. The molecule has 0 spiro atoms. The van der Waals surface area contributed by atoms with Gasteiger partial charge in [-0.2, -0.15) is 0 Å². The summed E-state index contributed by atoms with van der Waals surface area (Å²) >= 11 is 8.94. The molecule has 0 fully saturated rings. The van der Waals surface area contributed by atoms with Crippen molar-refractivity contribution in [2.75, 3.05) is 13.1 Å². The van der Waals surface area contributed by atoms with Crippen LogP contribution < -0.4 is 10.6 Å². The molecule has 9 heteroatoms. The van der Waals surface area contributed by atoms with E-state index in [-0.39, 0.29) is 24.0 Å². The number of nitrogens with one attached hydrogen (secondary N) is 2. The van der Waals surface area contributed by atoms with E-state index in [1.54, 1.807) is 17.4 Å². The van der Waals surface area contributed by atoms with Crippen LogP contribution in [-0.4, -0.2) is 29.1 Å². The van der Waals surface area contributed by atoms with E-state index < -0.39 is 6.10 Å². The van der Waals surface area contributed by atoms with E-state index in [0.717, 1.165) is 27.0 Å². The number of thiophene rings is 1. The van der Waals surface area contributed by atoms with Crippen LogP contribution in [0.5, 0.6) is 0 Å². The maximum absolute atomic E-state index is 10.2. The van der Waals surface area contributed by atoms with Gasteiger partial charge in [0.15, 0.2) is 5.96 Å². The quantitative estimate of drug-likeness (QED) is 0.320. The van der Waals surface area contributed by atoms with Crippen LogP contribution in [0.25, 0.3) is 0 Å². The van der Waals surface area contributed by atoms with Crippen molar-refractivity contribution in [3.63, 3.8) is 0 Å². The largest absolute Gasteiger partial charge is 0.386 e. The molecule has 0 aliphatic rings. The summed E-state index contributed by atoms with van der Waals surface area (Å²) < 4.78 is 0.677. The topological polar surface area (TPSA) is 69.5 Å². The smallest absolute Gasteiger partial charge is 0.191 e. The summed E-state index contributed by atoms with van der Waals surface area (Å²) in [6.45, 7) is 7.72. The second-order valence-electron chi connectivity index (χ2n) is 4.98. The molecule has 1 atom stereocenters. The Kier molecular flexibility index (Phi) is 9.50. The third kappa shape index (κ3) is 6.47. The standard InChI is InChI=1S/C15H21ClN4OS2.HI/c1-4-17-15(19-8-13-9(2)20-10(3)22-13)18-7-11(21)12-5-6-14(16)23-12;/h5-6,11,21H,4,7-8H2,1-3H3,(H2,17,18,19);1H. The number of aryl methyl sites for hydroxylation is 2. The number of aromatic nitrogens is 1. The maximum atomic E-state index is 10.2. The van der Waals surface area contributed by atoms with Gasteiger partial charge in [-0.1, -0.05) is 11.6 Å². The Labute approximate surface area is 172 Å². The fraction of sp³-hybridized carbons (Fsp3) is 0.467. The molecular weight excluding hydrogens is 479 g/mol. The van der Waals surface area contributed by atoms with Crippen LogP contribution >= 0.6 is 58.3 Å². The average molecular weight is 501 g/mol. The van der Waals surface area contributed by atoms with Gasteiger partial charge < -0.3 is 15.7 Å². The molecule has 0 bridgehead atoms. The summed E-state index contributed by atoms with van der Waals surface area (Å²) in [5.74, 6) is 0.680. The monoisotopic (exact) mass is 500 g/mol. The van der Waals surface area contributed by atoms with E-state index in [9.17, 15) is 5.11 Å². The zero-order valence-electron chi connectivity index (χ0n) is 13.8. The third-order valence-electron chi connectivity index (χ3n) is 3.11. The Morgan fingerprint density at radius 3 is 2.62 bits per heavy atom. The summed E-state index contributed by atoms with van der Waals surface area (Å²) in [5.41, 5.74) is 1.03. The van der Waals surface area contributed by atoms with Crippen molar-refractivity contribution in [2.24, 2.45) is 4.99 Å². The van der Waals surface area contributed by atoms with Crippen LogP contribution in [0, 0.1) is 13.8 Å². The molecule has 0 aliphatic heterocycles. The van der Waals surface area contributed by atoms with E-state index in [1.807, 2.05) is 26.8 Å². The van der Waals surface area contributed by atoms with Crippen LogP contribution in [0.3, 0.4) is 0 Å². The van der Waals surface area contributed by atoms with Gasteiger partial charge in [-0.25, -0.2) is 9.98 Å². The molecule has 2 rings (SSSR count). The van der Waals surface area contributed by atoms with Gasteiger partial charge in [0, 0.05) is 22.8 Å². The van der Waals surface area contributed by atoms with E-state index in [2.05, 4.69) is 20.6 Å². The maximum Gasteiger partial charge on any atom is 0.191 e. The molecule has 0 saturated carbocycles. The average Bonchev–Trinajstić information content (AvgIpc) is 3.07. The number of aliphatic hydroxyl groups is 1. The van der Waals surface area contributed by atoms with E-state index in [4.69, 9.17) is 11.6 Å². The highest BCUT2D eigenvalue weighted by Crippen LogP contribution is 2.26. The van der Waals surface area contributed by atoms with Gasteiger partial charge in [0.2, 0.25) is 0 Å². The second kappa shape index (κ2) is 10.5. The van der Waals surface area contributed by atoms with E-state index in [0.29, 0.717) is 23.4 Å². The summed E-state index contributed by atoms with van der Waals surface area (Å²) in [5, 5.41) is 17.6. The molecule has 5 nitrogen and oxygen atoms in total. The first kappa shape index (κ1) is 21.6. The third-order valence-corrected chi connectivity index (χ3v) is 5.50. The molecule has 0 amide bonds. The van der Waals surface area contributed by atoms with Crippen LogP contribution in [0.15, 0.2) is 17.1 Å². The second-order valence-corrected chi connectivity index (χ2v) is 8.01. The molecule has 134 valence electrons. The molecule has 0 aliphatic carbocycles. The molecule has 2 aromatic heterocycles. The van der Waals surface area contributed by atoms with Gasteiger partial charge in [-0.3, -0.25) is 0 Å². The molecular formula is C15H22ClIN4OS2. The highest BCUT2D eigenvalue weighted by molar-refractivity contribution is 14.0. The highest BCUT2D eigenvalue weighted by Gasteiger charge is 2.11. The number of halogens is 2. The van der Waals surface area contributed by atoms with Gasteiger partial charge in [-0.05, 0) is 32.9 Å². The number of hydrogen-bond acceptors (Lipinski definition) is 5. The number of rotatable bonds is 6. The lowest BCUT2D eigenvalue weighted by Crippen LogP contribution is -2.39. The Hall–Kier alpha value is -0.420. The van der Waals surface area contributed by atoms with Gasteiger partial charge in [-0.15, -0.1) is 46.7 Å². The minimum atomic E-state index is -0.608. The molecule has 0 radical (unpaired) electrons. The number of aliphatic hydroxyl groups excluding tert-OH is 1. The number of aliphatic imine (C=N–C) groups is 1. The lowest BCUT2D eigenvalue weighted by Gasteiger charge is -2.14. The predicted octanol–water partition coefficient (Wildman–Crippen LogP) is 3.88. The fourth-order valence-electron chi connectivity index (χ4n) is 2.01. The first-order valence-corrected chi connectivity index (χ1v) is 9.39. The van der Waals surface area contributed by atoms with Crippen LogP contribution in [0.4, 0.5) is 0 Å². The van der Waals surface area contributed by atoms with Gasteiger partial charge >= 0.3 is 0 Å². The Morgan fingerprint density at radius 2 is 2.08 bits per heavy atom. The van der Waals surface area contributed by atoms with Gasteiger partial charge in [0.25, 0.3) is 0 Å². The lowest BCUT2D eigenvalue weighted by atomic mass is 10.3. The van der Waals surface area contributed by atoms with Crippen LogP contribution in [0.1, 0.15) is 33.5 Å². The van der Waals surface area contributed by atoms with Gasteiger partial charge in [0.1, 0.15) is 6.10 Å². The zero-order chi connectivity index (χ0) is 16.8. The molecule has 0 saturated heterocycles. The summed E-state index contributed by atoms with van der Waals surface area (Å²) in [6, 6.07) is 3.63. The molecule has 0 aromatic carbocycles. The number of guanidine groups is 1. The Bertz CT molecular complexity index is 674. The summed E-state index contributed by atoms with van der Waals surface area (Å²) in [4.78, 5) is 11.0. The van der Waals surface area contributed by atoms with Crippen molar-refractivity contribution >= 4 is 64.2 Å². The van der Waals surface area contributed by atoms with Crippen LogP contribution in [0.2, 0.25) is 4.34 Å². The van der Waals surface area contributed by atoms with Crippen molar-refractivity contribution in [1.82, 2.24) is 15.6 Å². The van der Waals surface area contributed by atoms with Crippen molar-refractivity contribution in [1.29, 1.82) is 0 Å². The number of hydrogen-bond donors (Lipinski definition) is 3. The predicted molar refractivity (Wildman–Crippen MR) is 114 cm³/mol. The van der Waals surface area contributed by atoms with Crippen molar-refractivity contribution < 1.29 is 5.11 Å². The summed E-state index contributed by atoms with van der Waals surface area (Å²) in [7, 11) is 0. The molecule has 24 heavy (non-hydrogen) atoms. The first-order valence-electron chi connectivity index (χ1n) is 7.38. The first-order chi connectivity index (χ1) is 11.0. The minimum Gasteiger partial charge on any atom is -0.386 e. The molecule has 2 aromatic rings. The summed E-state index contributed by atoms with van der Waals surface area (Å²) in [6.07, 6.45) is -0.608. The SMILES string of the molecule is CCNC(=NCc1sc(C)nc1C)NCC(O)c1ccc(Cl)s1.I. The minimum absolute atomic E-state index is 0. The normalized spacial score (nSPS) is 12.6. The van der Waals surface area contributed by atoms with Gasteiger partial charge in [0.05, 0.1) is 21.6 Å². The lowest BCUT2D eigenvalue weighted by molar-refractivity contribution is 0.184.